The predicted molar refractivity (Wildman–Crippen MR) is 125 cm³/mol. The van der Waals surface area contributed by atoms with Gasteiger partial charge in [-0.05, 0) is 73.4 Å². The summed E-state index contributed by atoms with van der Waals surface area (Å²) >= 11 is 0. The number of rotatable bonds is 8. The molecule has 5 nitrogen and oxygen atoms in total. The zero-order valence-electron chi connectivity index (χ0n) is 19.0. The molecule has 0 aliphatic carbocycles. The van der Waals surface area contributed by atoms with Gasteiger partial charge in [-0.15, -0.1) is 0 Å². The Kier molecular flexibility index (Phi) is 7.48. The molecule has 172 valence electrons. The number of benzene rings is 3. The van der Waals surface area contributed by atoms with E-state index in [2.05, 4.69) is 0 Å². The number of hydrogen-bond acceptors (Lipinski definition) is 4. The van der Waals surface area contributed by atoms with E-state index in [1.54, 1.807) is 57.2 Å². The van der Waals surface area contributed by atoms with Crippen molar-refractivity contribution in [1.82, 2.24) is 0 Å². The highest BCUT2D eigenvalue weighted by Crippen LogP contribution is 2.25. The number of carbonyl (C=O) groups excluding carboxylic acids is 2. The molecule has 0 saturated heterocycles. The summed E-state index contributed by atoms with van der Waals surface area (Å²) in [6.07, 6.45) is -0.122. The Balaban J connectivity index is 1.64. The number of ether oxygens (including phenoxy) is 2. The van der Waals surface area contributed by atoms with Gasteiger partial charge in [0.25, 0.3) is 0 Å². The third kappa shape index (κ3) is 7.17. The third-order valence-corrected chi connectivity index (χ3v) is 4.93. The standard InChI is InChI=1S/C27H28FNO4/c1-27(2,3)33-25(30)16-24(26(29)31)20-9-13-23(14-10-20)32-17-18-5-4-6-21(15-18)19-7-11-22(28)12-8-19/h4-15,24H,16-17H2,1-3H3,(H2,29,31). The van der Waals surface area contributed by atoms with E-state index in [0.717, 1.165) is 16.7 Å². The first kappa shape index (κ1) is 24.0. The zero-order valence-corrected chi connectivity index (χ0v) is 19.0. The lowest BCUT2D eigenvalue weighted by Gasteiger charge is -2.21. The highest BCUT2D eigenvalue weighted by molar-refractivity contribution is 5.87. The van der Waals surface area contributed by atoms with Gasteiger partial charge in [-0.2, -0.15) is 0 Å². The smallest absolute Gasteiger partial charge is 0.307 e. The maximum Gasteiger partial charge on any atom is 0.307 e. The molecule has 0 aliphatic heterocycles. The molecular formula is C27H28FNO4. The molecule has 33 heavy (non-hydrogen) atoms. The van der Waals surface area contributed by atoms with E-state index in [1.807, 2.05) is 24.3 Å². The molecule has 0 radical (unpaired) electrons. The van der Waals surface area contributed by atoms with Gasteiger partial charge in [-0.1, -0.05) is 42.5 Å². The average molecular weight is 450 g/mol. The molecule has 3 aromatic carbocycles. The molecule has 0 spiro atoms. The Morgan fingerprint density at radius 1 is 0.939 bits per heavy atom. The summed E-state index contributed by atoms with van der Waals surface area (Å²) < 4.78 is 24.4. The van der Waals surface area contributed by atoms with E-state index in [4.69, 9.17) is 15.2 Å². The van der Waals surface area contributed by atoms with Gasteiger partial charge in [0.1, 0.15) is 23.8 Å². The number of halogens is 1. The van der Waals surface area contributed by atoms with Crippen molar-refractivity contribution in [3.63, 3.8) is 0 Å². The number of amides is 1. The topological polar surface area (TPSA) is 78.6 Å². The van der Waals surface area contributed by atoms with E-state index >= 15 is 0 Å². The van der Waals surface area contributed by atoms with Crippen molar-refractivity contribution in [1.29, 1.82) is 0 Å². The highest BCUT2D eigenvalue weighted by Gasteiger charge is 2.25. The number of nitrogens with two attached hydrogens (primary N) is 1. The first-order valence-electron chi connectivity index (χ1n) is 10.7. The third-order valence-electron chi connectivity index (χ3n) is 4.93. The fourth-order valence-corrected chi connectivity index (χ4v) is 3.38. The Morgan fingerprint density at radius 3 is 2.21 bits per heavy atom. The minimum atomic E-state index is -0.777. The van der Waals surface area contributed by atoms with Crippen LogP contribution in [0.1, 0.15) is 44.2 Å². The maximum absolute atomic E-state index is 13.2. The maximum atomic E-state index is 13.2. The average Bonchev–Trinajstić information content (AvgIpc) is 2.76. The second-order valence-corrected chi connectivity index (χ2v) is 8.81. The molecule has 3 aromatic rings. The SMILES string of the molecule is CC(C)(C)OC(=O)CC(C(N)=O)c1ccc(OCc2cccc(-c3ccc(F)cc3)c2)cc1. The first-order chi connectivity index (χ1) is 15.6. The number of primary amides is 1. The number of hydrogen-bond donors (Lipinski definition) is 1. The summed E-state index contributed by atoms with van der Waals surface area (Å²) in [5.74, 6) is -1.50. The van der Waals surface area contributed by atoms with E-state index in [1.165, 1.54) is 12.1 Å². The van der Waals surface area contributed by atoms with Gasteiger partial charge in [0.2, 0.25) is 5.91 Å². The van der Waals surface area contributed by atoms with Gasteiger partial charge in [-0.25, -0.2) is 4.39 Å². The number of carbonyl (C=O) groups is 2. The highest BCUT2D eigenvalue weighted by atomic mass is 19.1. The van der Waals surface area contributed by atoms with Crippen LogP contribution in [0.25, 0.3) is 11.1 Å². The van der Waals surface area contributed by atoms with Crippen molar-refractivity contribution in [2.45, 2.75) is 45.3 Å². The molecule has 0 saturated carbocycles. The molecule has 6 heteroatoms. The fraction of sp³-hybridized carbons (Fsp3) is 0.259. The van der Waals surface area contributed by atoms with Crippen molar-refractivity contribution in [2.75, 3.05) is 0 Å². The van der Waals surface area contributed by atoms with Crippen molar-refractivity contribution in [3.05, 3.63) is 89.7 Å². The molecule has 1 amide bonds. The van der Waals surface area contributed by atoms with Crippen molar-refractivity contribution in [2.24, 2.45) is 5.73 Å². The van der Waals surface area contributed by atoms with Crippen LogP contribution in [0.4, 0.5) is 4.39 Å². The Hall–Kier alpha value is -3.67. The van der Waals surface area contributed by atoms with E-state index in [9.17, 15) is 14.0 Å². The molecular weight excluding hydrogens is 421 g/mol. The van der Waals surface area contributed by atoms with Crippen LogP contribution in [0.15, 0.2) is 72.8 Å². The van der Waals surface area contributed by atoms with Crippen molar-refractivity contribution >= 4 is 11.9 Å². The second-order valence-electron chi connectivity index (χ2n) is 8.81. The summed E-state index contributed by atoms with van der Waals surface area (Å²) in [4.78, 5) is 24.1. The number of esters is 1. The zero-order chi connectivity index (χ0) is 24.0. The van der Waals surface area contributed by atoms with Crippen LogP contribution in [0.5, 0.6) is 5.75 Å². The lowest BCUT2D eigenvalue weighted by molar-refractivity contribution is -0.156. The molecule has 1 unspecified atom stereocenters. The van der Waals surface area contributed by atoms with E-state index in [-0.39, 0.29) is 12.2 Å². The summed E-state index contributed by atoms with van der Waals surface area (Å²) in [6.45, 7) is 5.65. The summed E-state index contributed by atoms with van der Waals surface area (Å²) in [5.41, 5.74) is 8.37. The summed E-state index contributed by atoms with van der Waals surface area (Å²) in [5, 5.41) is 0. The van der Waals surface area contributed by atoms with Crippen LogP contribution >= 0.6 is 0 Å². The normalized spacial score (nSPS) is 12.1. The monoisotopic (exact) mass is 449 g/mol. The van der Waals surface area contributed by atoms with Crippen LogP contribution < -0.4 is 10.5 Å². The van der Waals surface area contributed by atoms with E-state index < -0.39 is 23.4 Å². The molecule has 3 rings (SSSR count). The molecule has 2 N–H and O–H groups in total. The Labute approximate surface area is 193 Å². The van der Waals surface area contributed by atoms with Crippen LogP contribution in [0.3, 0.4) is 0 Å². The fourth-order valence-electron chi connectivity index (χ4n) is 3.38. The molecule has 0 aromatic heterocycles. The summed E-state index contributed by atoms with van der Waals surface area (Å²) in [7, 11) is 0. The first-order valence-corrected chi connectivity index (χ1v) is 10.7. The molecule has 0 fully saturated rings. The molecule has 0 heterocycles. The quantitative estimate of drug-likeness (QED) is 0.469. The minimum Gasteiger partial charge on any atom is -0.489 e. The largest absolute Gasteiger partial charge is 0.489 e. The Morgan fingerprint density at radius 2 is 1.61 bits per heavy atom. The van der Waals surface area contributed by atoms with Crippen LogP contribution in [0.2, 0.25) is 0 Å². The van der Waals surface area contributed by atoms with Crippen LogP contribution in [-0.2, 0) is 20.9 Å². The van der Waals surface area contributed by atoms with Gasteiger partial charge in [-0.3, -0.25) is 9.59 Å². The Bertz CT molecular complexity index is 1100. The molecule has 1 atom stereocenters. The van der Waals surface area contributed by atoms with Crippen molar-refractivity contribution < 1.29 is 23.5 Å². The summed E-state index contributed by atoms with van der Waals surface area (Å²) in [6, 6.07) is 21.1. The molecule has 0 aliphatic rings. The van der Waals surface area contributed by atoms with Gasteiger partial charge in [0, 0.05) is 0 Å². The molecule has 0 bridgehead atoms. The van der Waals surface area contributed by atoms with Crippen LogP contribution in [-0.4, -0.2) is 17.5 Å². The predicted octanol–water partition coefficient (Wildman–Crippen LogP) is 5.37. The van der Waals surface area contributed by atoms with Gasteiger partial charge in [0.05, 0.1) is 12.3 Å². The second kappa shape index (κ2) is 10.3. The lowest BCUT2D eigenvalue weighted by Crippen LogP contribution is -2.29. The van der Waals surface area contributed by atoms with Gasteiger partial charge in [0.15, 0.2) is 0 Å². The van der Waals surface area contributed by atoms with Crippen molar-refractivity contribution in [3.8, 4) is 16.9 Å². The van der Waals surface area contributed by atoms with E-state index in [0.29, 0.717) is 17.9 Å². The van der Waals surface area contributed by atoms with Crippen LogP contribution in [0, 0.1) is 5.82 Å². The lowest BCUT2D eigenvalue weighted by atomic mass is 9.95. The minimum absolute atomic E-state index is 0.122. The van der Waals surface area contributed by atoms with Gasteiger partial charge >= 0.3 is 5.97 Å². The van der Waals surface area contributed by atoms with Gasteiger partial charge < -0.3 is 15.2 Å².